The lowest BCUT2D eigenvalue weighted by molar-refractivity contribution is 0.0905. The number of likely N-dealkylation sites (tertiary alicyclic amines) is 1. The Kier molecular flexibility index (Phi) is 4.60. The first-order valence-electron chi connectivity index (χ1n) is 7.10. The number of hydrogen-bond donors (Lipinski definition) is 2. The van der Waals surface area contributed by atoms with Gasteiger partial charge in [-0.05, 0) is 45.0 Å². The molecule has 5 heteroatoms. The van der Waals surface area contributed by atoms with E-state index in [2.05, 4.69) is 17.1 Å². The third-order valence-corrected chi connectivity index (χ3v) is 3.93. The molecule has 1 aromatic rings. The summed E-state index contributed by atoms with van der Waals surface area (Å²) >= 11 is 0. The minimum atomic E-state index is -0.436. The first-order valence-corrected chi connectivity index (χ1v) is 7.10. The molecule has 0 spiro atoms. The molecule has 1 fully saturated rings. The van der Waals surface area contributed by atoms with Crippen molar-refractivity contribution in [2.45, 2.75) is 32.7 Å². The average Bonchev–Trinajstić information content (AvgIpc) is 2.44. The van der Waals surface area contributed by atoms with E-state index >= 15 is 0 Å². The van der Waals surface area contributed by atoms with Crippen LogP contribution in [0.5, 0.6) is 0 Å². The number of piperidine rings is 1. The highest BCUT2D eigenvalue weighted by atomic mass is 19.1. The van der Waals surface area contributed by atoms with Crippen LogP contribution in [0, 0.1) is 12.7 Å². The van der Waals surface area contributed by atoms with E-state index in [4.69, 9.17) is 5.73 Å². The van der Waals surface area contributed by atoms with Crippen molar-refractivity contribution in [3.63, 3.8) is 0 Å². The number of hydrogen-bond acceptors (Lipinski definition) is 3. The predicted molar refractivity (Wildman–Crippen MR) is 78.2 cm³/mol. The summed E-state index contributed by atoms with van der Waals surface area (Å²) in [6.45, 7) is 6.63. The van der Waals surface area contributed by atoms with E-state index in [9.17, 15) is 9.18 Å². The van der Waals surface area contributed by atoms with E-state index in [0.29, 0.717) is 16.8 Å². The lowest BCUT2D eigenvalue weighted by atomic mass is 10.0. The highest BCUT2D eigenvalue weighted by molar-refractivity contribution is 5.95. The molecule has 1 saturated heterocycles. The van der Waals surface area contributed by atoms with Crippen molar-refractivity contribution in [1.82, 2.24) is 10.2 Å². The number of carbonyl (C=O) groups is 1. The Morgan fingerprint density at radius 3 is 2.95 bits per heavy atom. The number of rotatable bonds is 3. The summed E-state index contributed by atoms with van der Waals surface area (Å²) in [5.41, 5.74) is 6.70. The van der Waals surface area contributed by atoms with E-state index in [1.807, 2.05) is 0 Å². The van der Waals surface area contributed by atoms with Gasteiger partial charge in [-0.15, -0.1) is 0 Å². The molecule has 110 valence electrons. The largest absolute Gasteiger partial charge is 0.398 e. The third kappa shape index (κ3) is 3.28. The maximum Gasteiger partial charge on any atom is 0.251 e. The summed E-state index contributed by atoms with van der Waals surface area (Å²) in [5.74, 6) is -0.687. The molecule has 0 bridgehead atoms. The fourth-order valence-corrected chi connectivity index (χ4v) is 2.56. The second-order valence-corrected chi connectivity index (χ2v) is 5.38. The quantitative estimate of drug-likeness (QED) is 0.831. The molecule has 1 aliphatic heterocycles. The van der Waals surface area contributed by atoms with Crippen LogP contribution in [0.3, 0.4) is 0 Å². The number of nitrogens with two attached hydrogens (primary N) is 1. The van der Waals surface area contributed by atoms with Gasteiger partial charge < -0.3 is 16.0 Å². The van der Waals surface area contributed by atoms with E-state index in [0.717, 1.165) is 32.5 Å². The van der Waals surface area contributed by atoms with Gasteiger partial charge in [-0.3, -0.25) is 4.79 Å². The Hall–Kier alpha value is -1.62. The van der Waals surface area contributed by atoms with Gasteiger partial charge in [0.2, 0.25) is 0 Å². The van der Waals surface area contributed by atoms with Crippen LogP contribution < -0.4 is 11.1 Å². The summed E-state index contributed by atoms with van der Waals surface area (Å²) in [4.78, 5) is 14.5. The van der Waals surface area contributed by atoms with Gasteiger partial charge in [-0.2, -0.15) is 0 Å². The van der Waals surface area contributed by atoms with Crippen molar-refractivity contribution < 1.29 is 9.18 Å². The predicted octanol–water partition coefficient (Wildman–Crippen LogP) is 1.93. The Balaban J connectivity index is 2.05. The Labute approximate surface area is 119 Å². The molecule has 1 aromatic carbocycles. The standard InChI is InChI=1S/C15H22FN3O/c1-3-19-6-4-5-12(9-19)18-15(20)11-7-13(16)10(2)14(17)8-11/h7-8,12H,3-6,9,17H2,1-2H3,(H,18,20). The van der Waals surface area contributed by atoms with Crippen LogP contribution >= 0.6 is 0 Å². The topological polar surface area (TPSA) is 58.4 Å². The van der Waals surface area contributed by atoms with Gasteiger partial charge in [0, 0.05) is 29.4 Å². The molecule has 0 saturated carbocycles. The average molecular weight is 279 g/mol. The second kappa shape index (κ2) is 6.22. The van der Waals surface area contributed by atoms with Crippen molar-refractivity contribution in [3.8, 4) is 0 Å². The fourth-order valence-electron chi connectivity index (χ4n) is 2.56. The Morgan fingerprint density at radius 1 is 1.55 bits per heavy atom. The van der Waals surface area contributed by atoms with Gasteiger partial charge in [-0.25, -0.2) is 4.39 Å². The monoisotopic (exact) mass is 279 g/mol. The fraction of sp³-hybridized carbons (Fsp3) is 0.533. The van der Waals surface area contributed by atoms with Crippen LogP contribution in [0.4, 0.5) is 10.1 Å². The van der Waals surface area contributed by atoms with Crippen molar-refractivity contribution >= 4 is 11.6 Å². The van der Waals surface area contributed by atoms with Crippen LogP contribution in [0.1, 0.15) is 35.7 Å². The molecular formula is C15H22FN3O. The molecular weight excluding hydrogens is 257 g/mol. The lowest BCUT2D eigenvalue weighted by Gasteiger charge is -2.32. The van der Waals surface area contributed by atoms with Crippen LogP contribution in [0.25, 0.3) is 0 Å². The van der Waals surface area contributed by atoms with Gasteiger partial charge in [0.25, 0.3) is 5.91 Å². The molecule has 0 aromatic heterocycles. The van der Waals surface area contributed by atoms with E-state index < -0.39 is 5.82 Å². The smallest absolute Gasteiger partial charge is 0.251 e. The number of nitrogen functional groups attached to an aromatic ring is 1. The summed E-state index contributed by atoms with van der Waals surface area (Å²) in [5, 5.41) is 2.97. The summed E-state index contributed by atoms with van der Waals surface area (Å²) in [6, 6.07) is 2.91. The number of halogens is 1. The molecule has 0 radical (unpaired) electrons. The number of benzene rings is 1. The minimum absolute atomic E-state index is 0.127. The van der Waals surface area contributed by atoms with Gasteiger partial charge in [-0.1, -0.05) is 6.92 Å². The number of carbonyl (C=O) groups excluding carboxylic acids is 1. The van der Waals surface area contributed by atoms with Crippen molar-refractivity contribution in [3.05, 3.63) is 29.1 Å². The normalized spacial score (nSPS) is 19.9. The molecule has 0 aliphatic carbocycles. The lowest BCUT2D eigenvalue weighted by Crippen LogP contribution is -2.47. The molecule has 4 nitrogen and oxygen atoms in total. The number of likely N-dealkylation sites (N-methyl/N-ethyl adjacent to an activating group) is 1. The Morgan fingerprint density at radius 2 is 2.30 bits per heavy atom. The van der Waals surface area contributed by atoms with Crippen molar-refractivity contribution in [1.29, 1.82) is 0 Å². The van der Waals surface area contributed by atoms with Crippen LogP contribution in [0.2, 0.25) is 0 Å². The van der Waals surface area contributed by atoms with Crippen LogP contribution in [-0.4, -0.2) is 36.5 Å². The van der Waals surface area contributed by atoms with Crippen molar-refractivity contribution in [2.24, 2.45) is 0 Å². The van der Waals surface area contributed by atoms with E-state index in [1.54, 1.807) is 6.92 Å². The molecule has 1 unspecified atom stereocenters. The number of amides is 1. The molecule has 1 atom stereocenters. The van der Waals surface area contributed by atoms with Gasteiger partial charge in [0.1, 0.15) is 5.82 Å². The zero-order valence-corrected chi connectivity index (χ0v) is 12.1. The second-order valence-electron chi connectivity index (χ2n) is 5.38. The maximum atomic E-state index is 13.6. The third-order valence-electron chi connectivity index (χ3n) is 3.93. The van der Waals surface area contributed by atoms with Gasteiger partial charge >= 0.3 is 0 Å². The molecule has 1 aliphatic rings. The van der Waals surface area contributed by atoms with Crippen molar-refractivity contribution in [2.75, 3.05) is 25.4 Å². The van der Waals surface area contributed by atoms with Gasteiger partial charge in [0.05, 0.1) is 0 Å². The Bertz CT molecular complexity index is 481. The number of anilines is 1. The van der Waals surface area contributed by atoms with E-state index in [-0.39, 0.29) is 11.9 Å². The van der Waals surface area contributed by atoms with E-state index in [1.165, 1.54) is 12.1 Å². The first-order chi connectivity index (χ1) is 9.51. The highest BCUT2D eigenvalue weighted by Gasteiger charge is 2.21. The van der Waals surface area contributed by atoms with Crippen LogP contribution in [0.15, 0.2) is 12.1 Å². The highest BCUT2D eigenvalue weighted by Crippen LogP contribution is 2.18. The molecule has 20 heavy (non-hydrogen) atoms. The number of nitrogens with one attached hydrogen (secondary N) is 1. The summed E-state index contributed by atoms with van der Waals surface area (Å²) < 4.78 is 13.6. The van der Waals surface area contributed by atoms with Crippen LogP contribution in [-0.2, 0) is 0 Å². The summed E-state index contributed by atoms with van der Waals surface area (Å²) in [6.07, 6.45) is 2.04. The molecule has 3 N–H and O–H groups in total. The number of nitrogens with zero attached hydrogens (tertiary/aromatic N) is 1. The minimum Gasteiger partial charge on any atom is -0.398 e. The zero-order chi connectivity index (χ0) is 14.7. The first kappa shape index (κ1) is 14.8. The summed E-state index contributed by atoms with van der Waals surface area (Å²) in [7, 11) is 0. The van der Waals surface area contributed by atoms with Gasteiger partial charge in [0.15, 0.2) is 0 Å². The molecule has 1 amide bonds. The molecule has 1 heterocycles. The molecule has 2 rings (SSSR count). The SMILES string of the molecule is CCN1CCCC(NC(=O)c2cc(N)c(C)c(F)c2)C1. The zero-order valence-electron chi connectivity index (χ0n) is 12.1. The maximum absolute atomic E-state index is 13.6.